The molecule has 0 spiro atoms. The van der Waals surface area contributed by atoms with Crippen molar-refractivity contribution in [2.75, 3.05) is 17.7 Å². The van der Waals surface area contributed by atoms with Gasteiger partial charge in [0, 0.05) is 18.8 Å². The van der Waals surface area contributed by atoms with E-state index in [1.807, 2.05) is 5.38 Å². The van der Waals surface area contributed by atoms with Gasteiger partial charge in [0.2, 0.25) is 0 Å². The van der Waals surface area contributed by atoms with Gasteiger partial charge in [-0.25, -0.2) is 4.79 Å². The van der Waals surface area contributed by atoms with Crippen LogP contribution in [0.4, 0.5) is 17.1 Å². The van der Waals surface area contributed by atoms with E-state index >= 15 is 0 Å². The van der Waals surface area contributed by atoms with Crippen LogP contribution >= 0.6 is 11.3 Å². The van der Waals surface area contributed by atoms with E-state index in [0.717, 1.165) is 6.07 Å². The van der Waals surface area contributed by atoms with Crippen LogP contribution in [0.3, 0.4) is 0 Å². The minimum atomic E-state index is -0.721. The van der Waals surface area contributed by atoms with Gasteiger partial charge in [0.1, 0.15) is 11.4 Å². The first-order valence-electron chi connectivity index (χ1n) is 8.11. The molecule has 0 aliphatic heterocycles. The van der Waals surface area contributed by atoms with Gasteiger partial charge >= 0.3 is 5.97 Å². The fourth-order valence-electron chi connectivity index (χ4n) is 2.39. The van der Waals surface area contributed by atoms with Gasteiger partial charge in [0.05, 0.1) is 15.4 Å². The second-order valence-electron chi connectivity index (χ2n) is 5.58. The van der Waals surface area contributed by atoms with Crippen LogP contribution in [0.15, 0.2) is 60.0 Å². The van der Waals surface area contributed by atoms with Crippen LogP contribution < -0.4 is 15.4 Å². The smallest absolute Gasteiger partial charge is 0.343 e. The number of hydrogen-bond acceptors (Lipinski definition) is 7. The van der Waals surface area contributed by atoms with E-state index in [1.54, 1.807) is 31.3 Å². The number of esters is 1. The first kappa shape index (κ1) is 19.1. The molecular weight excluding hydrogens is 382 g/mol. The highest BCUT2D eigenvalue weighted by Crippen LogP contribution is 2.26. The Morgan fingerprint density at radius 2 is 1.86 bits per heavy atom. The summed E-state index contributed by atoms with van der Waals surface area (Å²) >= 11 is 1.33. The quantitative estimate of drug-likeness (QED) is 0.280. The van der Waals surface area contributed by atoms with Gasteiger partial charge in [-0.2, -0.15) is 0 Å². The van der Waals surface area contributed by atoms with Crippen molar-refractivity contribution in [2.45, 2.75) is 0 Å². The van der Waals surface area contributed by atoms with E-state index in [2.05, 4.69) is 10.6 Å². The van der Waals surface area contributed by atoms with Crippen molar-refractivity contribution >= 4 is 40.3 Å². The highest BCUT2D eigenvalue weighted by molar-refractivity contribution is 7.12. The largest absolute Gasteiger partial charge is 0.423 e. The third-order valence-corrected chi connectivity index (χ3v) is 4.64. The van der Waals surface area contributed by atoms with Gasteiger partial charge < -0.3 is 15.4 Å². The number of benzene rings is 2. The number of nitro benzene ring substituents is 1. The molecule has 2 aromatic carbocycles. The number of nitro groups is 1. The number of ether oxygens (including phenoxy) is 1. The molecule has 0 radical (unpaired) electrons. The van der Waals surface area contributed by atoms with Crippen LogP contribution in [0.1, 0.15) is 20.0 Å². The van der Waals surface area contributed by atoms with Crippen molar-refractivity contribution < 1.29 is 19.2 Å². The monoisotopic (exact) mass is 397 g/mol. The zero-order chi connectivity index (χ0) is 20.1. The summed E-state index contributed by atoms with van der Waals surface area (Å²) in [4.78, 5) is 35.4. The summed E-state index contributed by atoms with van der Waals surface area (Å²) in [6.45, 7) is 0. The fraction of sp³-hybridized carbons (Fsp3) is 0.0526. The summed E-state index contributed by atoms with van der Waals surface area (Å²) in [6.07, 6.45) is 0. The standard InChI is InChI=1S/C19H15N3O5S/c1-20-15-9-4-12(11-16(15)22(25)26)19(24)27-14-7-5-13(6-8-14)21-18(23)17-3-2-10-28-17/h2-11,20H,1H3,(H,21,23). The number of thiophene rings is 1. The van der Waals surface area contributed by atoms with Crippen molar-refractivity contribution in [3.63, 3.8) is 0 Å². The van der Waals surface area contributed by atoms with Crippen LogP contribution in [0.5, 0.6) is 5.75 Å². The number of carbonyl (C=O) groups is 2. The molecular formula is C19H15N3O5S. The highest BCUT2D eigenvalue weighted by Gasteiger charge is 2.18. The van der Waals surface area contributed by atoms with E-state index in [4.69, 9.17) is 4.74 Å². The number of rotatable bonds is 6. The number of nitrogens with one attached hydrogen (secondary N) is 2. The summed E-state index contributed by atoms with van der Waals surface area (Å²) in [5.74, 6) is -0.697. The minimum Gasteiger partial charge on any atom is -0.423 e. The van der Waals surface area contributed by atoms with Gasteiger partial charge in [0.25, 0.3) is 11.6 Å². The molecule has 0 unspecified atom stereocenters. The molecule has 0 saturated carbocycles. The van der Waals surface area contributed by atoms with Crippen molar-refractivity contribution in [2.24, 2.45) is 0 Å². The summed E-state index contributed by atoms with van der Waals surface area (Å²) in [7, 11) is 1.55. The Hall–Kier alpha value is -3.72. The van der Waals surface area contributed by atoms with Crippen LogP contribution in [-0.2, 0) is 0 Å². The summed E-state index contributed by atoms with van der Waals surface area (Å²) in [5, 5.41) is 18.3. The van der Waals surface area contributed by atoms with Crippen LogP contribution in [0, 0.1) is 10.1 Å². The third kappa shape index (κ3) is 4.33. The molecule has 3 aromatic rings. The van der Waals surface area contributed by atoms with Gasteiger partial charge in [-0.3, -0.25) is 14.9 Å². The molecule has 1 aromatic heterocycles. The lowest BCUT2D eigenvalue weighted by Crippen LogP contribution is -2.11. The molecule has 1 amide bonds. The molecule has 9 heteroatoms. The maximum Gasteiger partial charge on any atom is 0.343 e. The zero-order valence-corrected chi connectivity index (χ0v) is 15.5. The Balaban J connectivity index is 1.68. The maximum absolute atomic E-state index is 12.3. The number of nitrogens with zero attached hydrogens (tertiary/aromatic N) is 1. The lowest BCUT2D eigenvalue weighted by molar-refractivity contribution is -0.384. The topological polar surface area (TPSA) is 111 Å². The van der Waals surface area contributed by atoms with E-state index < -0.39 is 10.9 Å². The SMILES string of the molecule is CNc1ccc(C(=O)Oc2ccc(NC(=O)c3cccs3)cc2)cc1[N+](=O)[O-]. The maximum atomic E-state index is 12.3. The average molecular weight is 397 g/mol. The Morgan fingerprint density at radius 1 is 1.11 bits per heavy atom. The van der Waals surface area contributed by atoms with Crippen molar-refractivity contribution in [3.05, 3.63) is 80.5 Å². The normalized spacial score (nSPS) is 10.2. The first-order chi connectivity index (χ1) is 13.5. The Kier molecular flexibility index (Phi) is 5.66. The number of carbonyl (C=O) groups excluding carboxylic acids is 2. The molecule has 0 bridgehead atoms. The Bertz CT molecular complexity index is 1020. The molecule has 28 heavy (non-hydrogen) atoms. The predicted octanol–water partition coefficient (Wildman–Crippen LogP) is 4.17. The predicted molar refractivity (Wildman–Crippen MR) is 106 cm³/mol. The summed E-state index contributed by atoms with van der Waals surface area (Å²) in [6, 6.07) is 13.8. The molecule has 1 heterocycles. The second-order valence-corrected chi connectivity index (χ2v) is 6.53. The summed E-state index contributed by atoms with van der Waals surface area (Å²) in [5.41, 5.74) is 0.684. The van der Waals surface area contributed by atoms with Gasteiger partial charge in [-0.1, -0.05) is 6.07 Å². The van der Waals surface area contributed by atoms with Gasteiger partial charge in [-0.05, 0) is 47.8 Å². The second kappa shape index (κ2) is 8.31. The summed E-state index contributed by atoms with van der Waals surface area (Å²) < 4.78 is 5.25. The van der Waals surface area contributed by atoms with Gasteiger partial charge in [0.15, 0.2) is 0 Å². The Labute approximate surface area is 163 Å². The molecule has 0 saturated heterocycles. The van der Waals surface area contributed by atoms with Gasteiger partial charge in [-0.15, -0.1) is 11.3 Å². The lowest BCUT2D eigenvalue weighted by atomic mass is 10.1. The highest BCUT2D eigenvalue weighted by atomic mass is 32.1. The fourth-order valence-corrected chi connectivity index (χ4v) is 3.01. The molecule has 8 nitrogen and oxygen atoms in total. The molecule has 2 N–H and O–H groups in total. The minimum absolute atomic E-state index is 0.0563. The molecule has 0 aliphatic rings. The molecule has 142 valence electrons. The van der Waals surface area contributed by atoms with Crippen LogP contribution in [0.2, 0.25) is 0 Å². The molecule has 3 rings (SSSR count). The van der Waals surface area contributed by atoms with E-state index in [-0.39, 0.29) is 22.9 Å². The number of amides is 1. The van der Waals surface area contributed by atoms with Crippen molar-refractivity contribution in [3.8, 4) is 5.75 Å². The average Bonchev–Trinajstić information content (AvgIpc) is 3.24. The lowest BCUT2D eigenvalue weighted by Gasteiger charge is -2.08. The van der Waals surface area contributed by atoms with Crippen molar-refractivity contribution in [1.29, 1.82) is 0 Å². The van der Waals surface area contributed by atoms with E-state index in [0.29, 0.717) is 16.3 Å². The molecule has 0 fully saturated rings. The first-order valence-corrected chi connectivity index (χ1v) is 8.99. The molecule has 0 atom stereocenters. The molecule has 0 aliphatic carbocycles. The zero-order valence-electron chi connectivity index (χ0n) is 14.7. The van der Waals surface area contributed by atoms with Crippen LogP contribution in [-0.4, -0.2) is 23.8 Å². The number of anilines is 2. The van der Waals surface area contributed by atoms with Crippen LogP contribution in [0.25, 0.3) is 0 Å². The van der Waals surface area contributed by atoms with Crippen molar-refractivity contribution in [1.82, 2.24) is 0 Å². The number of hydrogen-bond donors (Lipinski definition) is 2. The van der Waals surface area contributed by atoms with E-state index in [1.165, 1.54) is 35.6 Å². The Morgan fingerprint density at radius 3 is 2.46 bits per heavy atom. The van der Waals surface area contributed by atoms with E-state index in [9.17, 15) is 19.7 Å². The third-order valence-electron chi connectivity index (χ3n) is 3.77.